The highest BCUT2D eigenvalue weighted by Gasteiger charge is 2.29. The summed E-state index contributed by atoms with van der Waals surface area (Å²) in [6.45, 7) is 4.41. The molecule has 7 nitrogen and oxygen atoms in total. The highest BCUT2D eigenvalue weighted by Crippen LogP contribution is 2.31. The Morgan fingerprint density at radius 2 is 2.07 bits per heavy atom. The van der Waals surface area contributed by atoms with Gasteiger partial charge in [0.1, 0.15) is 5.82 Å². The van der Waals surface area contributed by atoms with Crippen LogP contribution in [0.4, 0.5) is 17.2 Å². The van der Waals surface area contributed by atoms with E-state index in [1.807, 2.05) is 24.3 Å². The molecule has 8 heteroatoms. The Kier molecular flexibility index (Phi) is 6.54. The molecule has 2 aliphatic heterocycles. The molecule has 0 atom stereocenters. The summed E-state index contributed by atoms with van der Waals surface area (Å²) in [7, 11) is 0. The first-order valence-electron chi connectivity index (χ1n) is 10.3. The molecule has 2 N–H and O–H groups in total. The van der Waals surface area contributed by atoms with E-state index in [0.717, 1.165) is 37.5 Å². The van der Waals surface area contributed by atoms with Crippen LogP contribution in [0.1, 0.15) is 30.1 Å². The molecule has 30 heavy (non-hydrogen) atoms. The summed E-state index contributed by atoms with van der Waals surface area (Å²) in [6.07, 6.45) is 3.42. The van der Waals surface area contributed by atoms with Crippen LogP contribution in [0.3, 0.4) is 0 Å². The molecule has 0 unspecified atom stereocenters. The van der Waals surface area contributed by atoms with Gasteiger partial charge in [0.05, 0.1) is 17.8 Å². The van der Waals surface area contributed by atoms with Gasteiger partial charge in [0.25, 0.3) is 5.91 Å². The largest absolute Gasteiger partial charge is 0.381 e. The van der Waals surface area contributed by atoms with E-state index in [1.165, 1.54) is 4.90 Å². The second-order valence-electron chi connectivity index (χ2n) is 7.42. The average molecular weight is 427 g/mol. The van der Waals surface area contributed by atoms with Gasteiger partial charge in [0.2, 0.25) is 5.91 Å². The topological polar surface area (TPSA) is 83.6 Å². The van der Waals surface area contributed by atoms with Gasteiger partial charge >= 0.3 is 0 Å². The highest BCUT2D eigenvalue weighted by atomic mass is 32.2. The quantitative estimate of drug-likeness (QED) is 0.687. The number of ether oxygens (including phenoxy) is 1. The van der Waals surface area contributed by atoms with Crippen LogP contribution in [0.15, 0.2) is 41.4 Å². The molecule has 2 aliphatic rings. The van der Waals surface area contributed by atoms with Crippen molar-refractivity contribution in [2.75, 3.05) is 47.6 Å². The molecule has 0 radical (unpaired) electrons. The number of nitrogens with one attached hydrogen (secondary N) is 2. The first-order valence-corrected chi connectivity index (χ1v) is 11.3. The molecule has 1 saturated heterocycles. The molecule has 1 fully saturated rings. The van der Waals surface area contributed by atoms with Crippen molar-refractivity contribution in [3.63, 3.8) is 0 Å². The Balaban J connectivity index is 1.51. The van der Waals surface area contributed by atoms with Crippen molar-refractivity contribution in [1.82, 2.24) is 4.98 Å². The monoisotopic (exact) mass is 426 g/mol. The first kappa shape index (κ1) is 20.7. The minimum atomic E-state index is -0.245. The molecule has 1 aromatic carbocycles. The van der Waals surface area contributed by atoms with Crippen LogP contribution >= 0.6 is 11.8 Å². The standard InChI is InChI=1S/C22H26N4O3S/c1-2-30-18-5-3-17(4-6-18)25-22(28)16-11-19-21(23-12-16)24-13-20(27)26(19)14-15-7-9-29-10-8-15/h3-6,11-12,15H,2,7-10,13-14H2,1H3,(H,23,24)(H,25,28). The minimum Gasteiger partial charge on any atom is -0.381 e. The van der Waals surface area contributed by atoms with Crippen LogP contribution in [-0.4, -0.2) is 48.9 Å². The van der Waals surface area contributed by atoms with Crippen LogP contribution < -0.4 is 15.5 Å². The third-order valence-electron chi connectivity index (χ3n) is 5.33. The molecule has 3 heterocycles. The van der Waals surface area contributed by atoms with Crippen molar-refractivity contribution in [2.45, 2.75) is 24.7 Å². The Labute approximate surface area is 180 Å². The summed E-state index contributed by atoms with van der Waals surface area (Å²) >= 11 is 1.75. The van der Waals surface area contributed by atoms with Gasteiger partial charge in [-0.25, -0.2) is 4.98 Å². The van der Waals surface area contributed by atoms with Gasteiger partial charge in [0.15, 0.2) is 0 Å². The maximum Gasteiger partial charge on any atom is 0.257 e. The van der Waals surface area contributed by atoms with E-state index < -0.39 is 0 Å². The summed E-state index contributed by atoms with van der Waals surface area (Å²) < 4.78 is 5.43. The first-order chi connectivity index (χ1) is 14.6. The second-order valence-corrected chi connectivity index (χ2v) is 8.75. The van der Waals surface area contributed by atoms with E-state index in [-0.39, 0.29) is 18.4 Å². The predicted octanol–water partition coefficient (Wildman–Crippen LogP) is 3.63. The molecule has 2 aromatic rings. The second kappa shape index (κ2) is 9.49. The number of pyridine rings is 1. The number of hydrogen-bond donors (Lipinski definition) is 2. The Morgan fingerprint density at radius 1 is 1.30 bits per heavy atom. The van der Waals surface area contributed by atoms with Crippen molar-refractivity contribution < 1.29 is 14.3 Å². The van der Waals surface area contributed by atoms with Crippen LogP contribution in [0.25, 0.3) is 0 Å². The Morgan fingerprint density at radius 3 is 2.80 bits per heavy atom. The fourth-order valence-electron chi connectivity index (χ4n) is 3.70. The van der Waals surface area contributed by atoms with E-state index >= 15 is 0 Å². The summed E-state index contributed by atoms with van der Waals surface area (Å²) in [5.41, 5.74) is 1.82. The molecular weight excluding hydrogens is 400 g/mol. The van der Waals surface area contributed by atoms with Crippen LogP contribution in [0, 0.1) is 5.92 Å². The number of carbonyl (C=O) groups is 2. The molecule has 1 aromatic heterocycles. The number of rotatable bonds is 6. The van der Waals surface area contributed by atoms with Crippen molar-refractivity contribution in [3.8, 4) is 0 Å². The van der Waals surface area contributed by atoms with E-state index in [2.05, 4.69) is 22.5 Å². The lowest BCUT2D eigenvalue weighted by atomic mass is 9.99. The van der Waals surface area contributed by atoms with Crippen molar-refractivity contribution in [2.24, 2.45) is 5.92 Å². The number of benzene rings is 1. The van der Waals surface area contributed by atoms with Crippen LogP contribution in [0.5, 0.6) is 0 Å². The number of thioether (sulfide) groups is 1. The average Bonchev–Trinajstić information content (AvgIpc) is 2.77. The highest BCUT2D eigenvalue weighted by molar-refractivity contribution is 7.99. The number of anilines is 3. The van der Waals surface area contributed by atoms with Gasteiger partial charge in [-0.2, -0.15) is 0 Å². The molecule has 158 valence electrons. The smallest absolute Gasteiger partial charge is 0.257 e. The zero-order valence-electron chi connectivity index (χ0n) is 17.0. The maximum absolute atomic E-state index is 12.8. The van der Waals surface area contributed by atoms with Gasteiger partial charge in [0, 0.05) is 36.5 Å². The van der Waals surface area contributed by atoms with E-state index in [1.54, 1.807) is 28.9 Å². The summed E-state index contributed by atoms with van der Waals surface area (Å²) in [6, 6.07) is 9.52. The zero-order valence-corrected chi connectivity index (χ0v) is 17.8. The predicted molar refractivity (Wildman–Crippen MR) is 119 cm³/mol. The van der Waals surface area contributed by atoms with Gasteiger partial charge < -0.3 is 20.3 Å². The maximum atomic E-state index is 12.8. The molecular formula is C22H26N4O3S. The van der Waals surface area contributed by atoms with Gasteiger partial charge in [-0.15, -0.1) is 11.8 Å². The van der Waals surface area contributed by atoms with E-state index in [9.17, 15) is 9.59 Å². The Hall–Kier alpha value is -2.58. The number of hydrogen-bond acceptors (Lipinski definition) is 6. The number of carbonyl (C=O) groups excluding carboxylic acids is 2. The molecule has 0 bridgehead atoms. The number of nitrogens with zero attached hydrogens (tertiary/aromatic N) is 2. The van der Waals surface area contributed by atoms with Crippen LogP contribution in [-0.2, 0) is 9.53 Å². The third kappa shape index (κ3) is 4.76. The fraction of sp³-hybridized carbons (Fsp3) is 0.409. The summed E-state index contributed by atoms with van der Waals surface area (Å²) in [4.78, 5) is 32.7. The molecule has 4 rings (SSSR count). The Bertz CT molecular complexity index is 913. The van der Waals surface area contributed by atoms with Crippen molar-refractivity contribution in [1.29, 1.82) is 0 Å². The lowest BCUT2D eigenvalue weighted by Gasteiger charge is -2.33. The molecule has 0 saturated carbocycles. The van der Waals surface area contributed by atoms with Gasteiger partial charge in [-0.1, -0.05) is 6.92 Å². The van der Waals surface area contributed by atoms with E-state index in [0.29, 0.717) is 29.5 Å². The van der Waals surface area contributed by atoms with Gasteiger partial charge in [-0.3, -0.25) is 9.59 Å². The molecule has 0 spiro atoms. The third-order valence-corrected chi connectivity index (χ3v) is 6.23. The zero-order chi connectivity index (χ0) is 20.9. The lowest BCUT2D eigenvalue weighted by molar-refractivity contribution is -0.117. The normalized spacial score (nSPS) is 16.7. The van der Waals surface area contributed by atoms with Crippen molar-refractivity contribution >= 4 is 40.8 Å². The molecule has 2 amide bonds. The number of amides is 2. The minimum absolute atomic E-state index is 0.00244. The van der Waals surface area contributed by atoms with Gasteiger partial charge in [-0.05, 0) is 54.8 Å². The molecule has 0 aliphatic carbocycles. The van der Waals surface area contributed by atoms with Crippen molar-refractivity contribution in [3.05, 3.63) is 42.1 Å². The van der Waals surface area contributed by atoms with E-state index in [4.69, 9.17) is 4.74 Å². The van der Waals surface area contributed by atoms with Crippen LogP contribution in [0.2, 0.25) is 0 Å². The lowest BCUT2D eigenvalue weighted by Crippen LogP contribution is -2.44. The number of fused-ring (bicyclic) bond motifs is 1. The fourth-order valence-corrected chi connectivity index (χ4v) is 4.36. The summed E-state index contributed by atoms with van der Waals surface area (Å²) in [5.74, 6) is 1.79. The number of aromatic nitrogens is 1. The SMILES string of the molecule is CCSc1ccc(NC(=O)c2cnc3c(c2)N(CC2CCOCC2)C(=O)CN3)cc1. The summed E-state index contributed by atoms with van der Waals surface area (Å²) in [5, 5.41) is 5.97.